The van der Waals surface area contributed by atoms with Gasteiger partial charge in [0, 0.05) is 5.69 Å². The van der Waals surface area contributed by atoms with Crippen LogP contribution in [0.15, 0.2) is 53.3 Å². The maximum absolute atomic E-state index is 13.5. The number of nitrogens with one attached hydrogen (secondary N) is 1. The van der Waals surface area contributed by atoms with Gasteiger partial charge in [0.25, 0.3) is 5.56 Å². The summed E-state index contributed by atoms with van der Waals surface area (Å²) in [7, 11) is 0. The van der Waals surface area contributed by atoms with E-state index in [1.165, 1.54) is 4.57 Å². The average molecular weight is 413 g/mol. The largest absolute Gasteiger partial charge is 0.398 e. The van der Waals surface area contributed by atoms with E-state index in [9.17, 15) is 10.1 Å². The lowest BCUT2D eigenvalue weighted by atomic mass is 10.1. The molecule has 0 aliphatic carbocycles. The van der Waals surface area contributed by atoms with Crippen molar-refractivity contribution in [3.63, 3.8) is 0 Å². The van der Waals surface area contributed by atoms with Gasteiger partial charge in [-0.25, -0.2) is 4.98 Å². The lowest BCUT2D eigenvalue weighted by Crippen LogP contribution is -2.28. The average Bonchev–Trinajstić information content (AvgIpc) is 2.74. The number of aromatic nitrogens is 4. The van der Waals surface area contributed by atoms with Crippen molar-refractivity contribution in [1.29, 1.82) is 5.26 Å². The first-order chi connectivity index (χ1) is 14.9. The van der Waals surface area contributed by atoms with E-state index in [0.29, 0.717) is 28.1 Å². The molecule has 2 aromatic carbocycles. The van der Waals surface area contributed by atoms with Crippen molar-refractivity contribution in [3.05, 3.63) is 70.3 Å². The van der Waals surface area contributed by atoms with Crippen molar-refractivity contribution in [2.75, 3.05) is 22.5 Å². The zero-order valence-corrected chi connectivity index (χ0v) is 16.6. The molecule has 0 aliphatic rings. The van der Waals surface area contributed by atoms with Crippen molar-refractivity contribution < 1.29 is 0 Å². The van der Waals surface area contributed by atoms with E-state index >= 15 is 0 Å². The molecule has 0 bridgehead atoms. The molecule has 0 fully saturated rings. The Morgan fingerprint density at radius 2 is 1.77 bits per heavy atom. The minimum atomic E-state index is -0.556. The van der Waals surface area contributed by atoms with Gasteiger partial charge in [-0.05, 0) is 31.2 Å². The lowest BCUT2D eigenvalue weighted by molar-refractivity contribution is 0.731. The molecule has 10 heteroatoms. The standard InChI is InChI=1S/C21H19N9O/c1-11(26-18-13(10-22)17(24)28-21(25)29-18)19-27-15-9-5-8-14(23)16(15)20(31)30(19)12-6-3-2-4-7-12/h2-9,11H,23H2,1H3,(H5,24,25,26,28,29). The van der Waals surface area contributed by atoms with Gasteiger partial charge < -0.3 is 22.5 Å². The smallest absolute Gasteiger partial charge is 0.268 e. The molecular formula is C21H19N9O. The molecule has 0 amide bonds. The summed E-state index contributed by atoms with van der Waals surface area (Å²) in [4.78, 5) is 26.1. The molecule has 2 heterocycles. The van der Waals surface area contributed by atoms with E-state index in [2.05, 4.69) is 15.3 Å². The Kier molecular flexibility index (Phi) is 4.85. The van der Waals surface area contributed by atoms with Crippen molar-refractivity contribution in [2.24, 2.45) is 0 Å². The summed E-state index contributed by atoms with van der Waals surface area (Å²) < 4.78 is 1.48. The summed E-state index contributed by atoms with van der Waals surface area (Å²) in [5, 5.41) is 12.9. The molecule has 0 spiro atoms. The van der Waals surface area contributed by atoms with Crippen LogP contribution in [0.1, 0.15) is 24.4 Å². The SMILES string of the molecule is CC(Nc1nc(N)nc(N)c1C#N)c1nc2cccc(N)c2c(=O)n1-c1ccccc1. The van der Waals surface area contributed by atoms with Gasteiger partial charge in [0.1, 0.15) is 23.3 Å². The third kappa shape index (κ3) is 3.44. The van der Waals surface area contributed by atoms with Gasteiger partial charge in [-0.15, -0.1) is 0 Å². The van der Waals surface area contributed by atoms with E-state index in [1.54, 1.807) is 37.3 Å². The monoisotopic (exact) mass is 413 g/mol. The number of fused-ring (bicyclic) bond motifs is 1. The molecule has 0 aliphatic heterocycles. The molecule has 4 rings (SSSR count). The Balaban J connectivity index is 1.94. The van der Waals surface area contributed by atoms with Crippen molar-refractivity contribution in [1.82, 2.24) is 19.5 Å². The highest BCUT2D eigenvalue weighted by Gasteiger charge is 2.21. The maximum Gasteiger partial charge on any atom is 0.268 e. The fourth-order valence-corrected chi connectivity index (χ4v) is 3.37. The van der Waals surface area contributed by atoms with Gasteiger partial charge >= 0.3 is 0 Å². The number of nitriles is 1. The second-order valence-corrected chi connectivity index (χ2v) is 6.86. The van der Waals surface area contributed by atoms with Crippen LogP contribution in [0.2, 0.25) is 0 Å². The quantitative estimate of drug-likeness (QED) is 0.364. The van der Waals surface area contributed by atoms with Crippen LogP contribution in [0.5, 0.6) is 0 Å². The molecule has 4 aromatic rings. The van der Waals surface area contributed by atoms with Gasteiger partial charge in [-0.2, -0.15) is 15.2 Å². The van der Waals surface area contributed by atoms with Gasteiger partial charge in [0.05, 0.1) is 22.6 Å². The van der Waals surface area contributed by atoms with Crippen molar-refractivity contribution in [3.8, 4) is 11.8 Å². The molecule has 7 N–H and O–H groups in total. The second kappa shape index (κ2) is 7.64. The highest BCUT2D eigenvalue weighted by Crippen LogP contribution is 2.26. The predicted molar refractivity (Wildman–Crippen MR) is 119 cm³/mol. The fourth-order valence-electron chi connectivity index (χ4n) is 3.37. The minimum absolute atomic E-state index is 0.0376. The minimum Gasteiger partial charge on any atom is -0.398 e. The number of nitrogen functional groups attached to an aromatic ring is 3. The molecule has 0 saturated carbocycles. The van der Waals surface area contributed by atoms with Crippen LogP contribution in [-0.2, 0) is 0 Å². The predicted octanol–water partition coefficient (Wildman–Crippen LogP) is 1.97. The Labute approximate surface area is 177 Å². The zero-order valence-electron chi connectivity index (χ0n) is 16.6. The van der Waals surface area contributed by atoms with Crippen LogP contribution in [0.25, 0.3) is 16.6 Å². The van der Waals surface area contributed by atoms with Gasteiger partial charge in [-0.3, -0.25) is 9.36 Å². The lowest BCUT2D eigenvalue weighted by Gasteiger charge is -2.21. The van der Waals surface area contributed by atoms with Crippen LogP contribution in [0.4, 0.5) is 23.3 Å². The zero-order chi connectivity index (χ0) is 22.1. The van der Waals surface area contributed by atoms with E-state index in [-0.39, 0.29) is 28.7 Å². The second-order valence-electron chi connectivity index (χ2n) is 6.86. The number of anilines is 4. The number of rotatable bonds is 4. The molecule has 10 nitrogen and oxygen atoms in total. The number of hydrogen-bond donors (Lipinski definition) is 4. The Morgan fingerprint density at radius 1 is 1.03 bits per heavy atom. The van der Waals surface area contributed by atoms with E-state index < -0.39 is 6.04 Å². The third-order valence-corrected chi connectivity index (χ3v) is 4.78. The molecule has 1 atom stereocenters. The highest BCUT2D eigenvalue weighted by molar-refractivity contribution is 5.89. The van der Waals surface area contributed by atoms with Crippen LogP contribution in [-0.4, -0.2) is 19.5 Å². The Hall–Kier alpha value is -4.65. The van der Waals surface area contributed by atoms with Crippen LogP contribution >= 0.6 is 0 Å². The maximum atomic E-state index is 13.5. The summed E-state index contributed by atoms with van der Waals surface area (Å²) in [5.41, 5.74) is 18.8. The van der Waals surface area contributed by atoms with Gasteiger partial charge in [0.2, 0.25) is 5.95 Å². The molecule has 1 unspecified atom stereocenters. The molecule has 154 valence electrons. The summed E-state index contributed by atoms with van der Waals surface area (Å²) >= 11 is 0. The summed E-state index contributed by atoms with van der Waals surface area (Å²) in [6.07, 6.45) is 0. The Bertz CT molecular complexity index is 1390. The summed E-state index contributed by atoms with van der Waals surface area (Å²) in [6, 6.07) is 15.6. The Morgan fingerprint density at radius 3 is 2.48 bits per heavy atom. The first-order valence-corrected chi connectivity index (χ1v) is 9.37. The molecule has 31 heavy (non-hydrogen) atoms. The summed E-state index contributed by atoms with van der Waals surface area (Å²) in [5.74, 6) is 0.436. The normalized spacial score (nSPS) is 11.7. The topological polar surface area (TPSA) is 175 Å². The molecule has 2 aromatic heterocycles. The number of benzene rings is 2. The third-order valence-electron chi connectivity index (χ3n) is 4.78. The molecule has 0 saturated heterocycles. The van der Waals surface area contributed by atoms with E-state index in [0.717, 1.165) is 0 Å². The number of nitrogens with zero attached hydrogens (tertiary/aromatic N) is 5. The summed E-state index contributed by atoms with van der Waals surface area (Å²) in [6.45, 7) is 1.79. The molecular weight excluding hydrogens is 394 g/mol. The van der Waals surface area contributed by atoms with Crippen LogP contribution in [0.3, 0.4) is 0 Å². The number of nitrogens with two attached hydrogens (primary N) is 3. The van der Waals surface area contributed by atoms with E-state index in [1.807, 2.05) is 24.3 Å². The fraction of sp³-hybridized carbons (Fsp3) is 0.0952. The molecule has 0 radical (unpaired) electrons. The van der Waals surface area contributed by atoms with E-state index in [4.69, 9.17) is 22.2 Å². The number of hydrogen-bond acceptors (Lipinski definition) is 9. The van der Waals surface area contributed by atoms with Crippen molar-refractivity contribution in [2.45, 2.75) is 13.0 Å². The van der Waals surface area contributed by atoms with Crippen molar-refractivity contribution >= 4 is 34.2 Å². The van der Waals surface area contributed by atoms with Crippen LogP contribution < -0.4 is 28.1 Å². The van der Waals surface area contributed by atoms with Crippen LogP contribution in [0, 0.1) is 11.3 Å². The highest BCUT2D eigenvalue weighted by atomic mass is 16.1. The van der Waals surface area contributed by atoms with Gasteiger partial charge in [0.15, 0.2) is 5.82 Å². The number of para-hydroxylation sites is 1. The first-order valence-electron chi connectivity index (χ1n) is 9.37. The van der Waals surface area contributed by atoms with Gasteiger partial charge in [-0.1, -0.05) is 24.3 Å². The first kappa shape index (κ1) is 19.7.